The number of fused-ring (bicyclic) bond motifs is 2. The maximum atomic E-state index is 13.5. The minimum Gasteiger partial charge on any atom is -0.508 e. The summed E-state index contributed by atoms with van der Waals surface area (Å²) < 4.78 is 23.0. The lowest BCUT2D eigenvalue weighted by atomic mass is 9.92. The minimum atomic E-state index is -2.51. The van der Waals surface area contributed by atoms with Crippen LogP contribution >= 0.6 is 0 Å². The molecule has 3 aliphatic rings. The van der Waals surface area contributed by atoms with Crippen molar-refractivity contribution in [2.24, 2.45) is 10.9 Å². The first-order valence-electron chi connectivity index (χ1n) is 18.8. The number of carboxylic acid groups (broad SMARTS) is 1. The van der Waals surface area contributed by atoms with E-state index in [-0.39, 0.29) is 40.0 Å². The average Bonchev–Trinajstić information content (AvgIpc) is 3.79. The fraction of sp³-hybridized carbons (Fsp3) is 0.333. The number of allylic oxidation sites excluding steroid dienone is 1. The summed E-state index contributed by atoms with van der Waals surface area (Å²) in [7, 11) is 1.15. The van der Waals surface area contributed by atoms with Crippen molar-refractivity contribution in [1.82, 2.24) is 10.4 Å². The van der Waals surface area contributed by atoms with Crippen LogP contribution in [0.2, 0.25) is 0 Å². The van der Waals surface area contributed by atoms with Crippen molar-refractivity contribution in [3.05, 3.63) is 111 Å². The Morgan fingerprint density at radius 2 is 1.75 bits per heavy atom. The molecule has 18 heteroatoms. The zero-order valence-corrected chi connectivity index (χ0v) is 32.5. The number of hydroxylamine groups is 2. The number of aliphatic hydroxyl groups excluding tert-OH is 4. The second-order valence-corrected chi connectivity index (χ2v) is 14.6. The van der Waals surface area contributed by atoms with Crippen LogP contribution in [-0.2, 0) is 23.9 Å². The van der Waals surface area contributed by atoms with Gasteiger partial charge in [-0.1, -0.05) is 29.3 Å². The molecule has 60 heavy (non-hydrogen) atoms. The molecule has 18 nitrogen and oxygen atoms in total. The van der Waals surface area contributed by atoms with Crippen LogP contribution in [0.3, 0.4) is 0 Å². The number of esters is 1. The number of rotatable bonds is 14. The minimum absolute atomic E-state index is 0.00275. The van der Waals surface area contributed by atoms with E-state index in [0.29, 0.717) is 17.0 Å². The van der Waals surface area contributed by atoms with Gasteiger partial charge in [-0.15, -0.1) is 0 Å². The molecule has 0 saturated carbocycles. The molecule has 8 N–H and O–H groups in total. The summed E-state index contributed by atoms with van der Waals surface area (Å²) in [5, 5.41) is 78.0. The number of ether oxygens (including phenoxy) is 3. The van der Waals surface area contributed by atoms with Gasteiger partial charge in [-0.05, 0) is 68.9 Å². The van der Waals surface area contributed by atoms with Crippen LogP contribution in [0, 0.1) is 19.8 Å². The Balaban J connectivity index is 1.22. The van der Waals surface area contributed by atoms with Crippen LogP contribution < -0.4 is 15.5 Å². The third-order valence-corrected chi connectivity index (χ3v) is 10.5. The number of nitrogens with one attached hydrogen (secondary N) is 1. The van der Waals surface area contributed by atoms with Crippen LogP contribution in [0.1, 0.15) is 23.1 Å². The maximum Gasteiger partial charge on any atom is 0.327 e. The first-order valence-corrected chi connectivity index (χ1v) is 18.8. The van der Waals surface area contributed by atoms with Crippen molar-refractivity contribution in [3.63, 3.8) is 0 Å². The first kappa shape index (κ1) is 42.2. The van der Waals surface area contributed by atoms with Crippen LogP contribution in [0.4, 0.5) is 0 Å². The fourth-order valence-electron chi connectivity index (χ4n) is 7.49. The number of carbonyl (C=O) groups excluding carboxylic acids is 1. The standard InChI is InChI=1S/C42H43N3O15/c1-20-14-21(2)16-24(15-20)32-31-23(10-12-44-31)18-45(32)60-37-35(50)34(49)36(40(54)59-39(53)30(38(51)52)42(55,43-3)11-13-46)58-41(37)57-26-8-9-27-29(17-26)56-19-28(33(27)48)22-4-6-25(47)7-5-22/h4-10,12,14-17,19,30,34-37,40-41,43,46-47,49-50,54-55H,11,13,18H2,1-3H3,(H,51,52)/t30-,34+,35+,36+,37-,40-,41-,42-/m0/s1. The van der Waals surface area contributed by atoms with Crippen LogP contribution in [0.25, 0.3) is 27.8 Å². The zero-order chi connectivity index (χ0) is 43.0. The number of aliphatic imine (C=N–C) groups is 1. The van der Waals surface area contributed by atoms with Gasteiger partial charge >= 0.3 is 11.9 Å². The number of hydrogen-bond donors (Lipinski definition) is 8. The summed E-state index contributed by atoms with van der Waals surface area (Å²) in [4.78, 5) is 49.8. The van der Waals surface area contributed by atoms with E-state index < -0.39 is 73.6 Å². The molecular formula is C42H43N3O15. The number of phenols is 1. The van der Waals surface area contributed by atoms with Crippen LogP contribution in [0.15, 0.2) is 98.5 Å². The Bertz CT molecular complexity index is 2430. The Labute approximate surface area is 341 Å². The second kappa shape index (κ2) is 17.0. The average molecular weight is 830 g/mol. The smallest absolute Gasteiger partial charge is 0.327 e. The number of aryl methyl sites for hydroxylation is 2. The number of hydrogen-bond acceptors (Lipinski definition) is 17. The van der Waals surface area contributed by atoms with E-state index in [9.17, 15) is 50.1 Å². The van der Waals surface area contributed by atoms with Crippen molar-refractivity contribution in [3.8, 4) is 22.6 Å². The highest BCUT2D eigenvalue weighted by atomic mass is 16.8. The Kier molecular flexibility index (Phi) is 11.9. The molecule has 0 amide bonds. The predicted octanol–water partition coefficient (Wildman–Crippen LogP) is 1.46. The van der Waals surface area contributed by atoms with E-state index in [4.69, 9.17) is 23.5 Å². The molecule has 0 aliphatic carbocycles. The summed E-state index contributed by atoms with van der Waals surface area (Å²) >= 11 is 0. The molecule has 3 aliphatic heterocycles. The molecule has 3 aromatic carbocycles. The van der Waals surface area contributed by atoms with E-state index in [0.717, 1.165) is 29.3 Å². The lowest BCUT2D eigenvalue weighted by Gasteiger charge is -2.44. The Morgan fingerprint density at radius 1 is 1.03 bits per heavy atom. The number of benzene rings is 3. The normalized spacial score (nSPS) is 23.2. The van der Waals surface area contributed by atoms with Crippen molar-refractivity contribution in [2.75, 3.05) is 20.2 Å². The summed E-state index contributed by atoms with van der Waals surface area (Å²) in [6, 6.07) is 16.0. The molecule has 8 atom stereocenters. The summed E-state index contributed by atoms with van der Waals surface area (Å²) in [5.74, 6) is -5.88. The second-order valence-electron chi connectivity index (χ2n) is 14.6. The molecule has 0 spiro atoms. The van der Waals surface area contributed by atoms with E-state index in [2.05, 4.69) is 10.3 Å². The van der Waals surface area contributed by atoms with Gasteiger partial charge in [0.15, 0.2) is 23.6 Å². The lowest BCUT2D eigenvalue weighted by molar-refractivity contribution is -0.344. The topological polar surface area (TPSA) is 271 Å². The lowest BCUT2D eigenvalue weighted by Crippen LogP contribution is -2.64. The van der Waals surface area contributed by atoms with Crippen molar-refractivity contribution < 1.29 is 68.8 Å². The molecule has 316 valence electrons. The van der Waals surface area contributed by atoms with Crippen molar-refractivity contribution in [2.45, 2.75) is 63.0 Å². The molecular weight excluding hydrogens is 786 g/mol. The molecule has 4 aromatic rings. The Morgan fingerprint density at radius 3 is 2.42 bits per heavy atom. The largest absolute Gasteiger partial charge is 0.508 e. The summed E-state index contributed by atoms with van der Waals surface area (Å²) in [5.41, 5.74) is 2.48. The van der Waals surface area contributed by atoms with Crippen LogP contribution in [0.5, 0.6) is 11.5 Å². The fourth-order valence-corrected chi connectivity index (χ4v) is 7.49. The van der Waals surface area contributed by atoms with Gasteiger partial charge in [0.2, 0.25) is 12.6 Å². The Hall–Kier alpha value is -5.96. The highest BCUT2D eigenvalue weighted by Gasteiger charge is 2.53. The number of carboxylic acids is 1. The number of phenolic OH excluding ortho intramolecular Hbond substituents is 1. The van der Waals surface area contributed by atoms with E-state index in [1.165, 1.54) is 41.7 Å². The first-order chi connectivity index (χ1) is 28.6. The number of aromatic hydroxyl groups is 1. The van der Waals surface area contributed by atoms with E-state index in [1.807, 2.05) is 32.0 Å². The summed E-state index contributed by atoms with van der Waals surface area (Å²) in [6.07, 6.45) is -7.72. The SMILES string of the molecule is CN[C@](O)(CCO)[C@@H](C(=O)O)C(=O)O[C@H](O)[C@@H]1O[C@H](Oc2ccc3c(=O)c(-c4ccc(O)cc4)coc3c2)[C@@H](ON2CC3=CC=NC3=C2c2cc(C)cc(C)c2)[C@H](O)[C@H]1O. The third-order valence-electron chi connectivity index (χ3n) is 10.5. The molecule has 0 radical (unpaired) electrons. The monoisotopic (exact) mass is 829 g/mol. The molecule has 1 saturated heterocycles. The van der Waals surface area contributed by atoms with E-state index >= 15 is 0 Å². The maximum absolute atomic E-state index is 13.5. The van der Waals surface area contributed by atoms with Gasteiger partial charge in [0, 0.05) is 36.4 Å². The quantitative estimate of drug-likeness (QED) is 0.0508. The van der Waals surface area contributed by atoms with Gasteiger partial charge in [-0.25, -0.2) is 5.06 Å². The van der Waals surface area contributed by atoms with Gasteiger partial charge in [-0.3, -0.25) is 29.5 Å². The number of carbonyl (C=O) groups is 2. The van der Waals surface area contributed by atoms with Crippen molar-refractivity contribution >= 4 is 34.8 Å². The number of nitrogens with zero attached hydrogens (tertiary/aromatic N) is 2. The zero-order valence-electron chi connectivity index (χ0n) is 32.5. The summed E-state index contributed by atoms with van der Waals surface area (Å²) in [6.45, 7) is 3.28. The molecule has 1 fully saturated rings. The number of aliphatic carboxylic acids is 1. The highest BCUT2D eigenvalue weighted by molar-refractivity contribution is 5.95. The van der Waals surface area contributed by atoms with Gasteiger partial charge < -0.3 is 54.4 Å². The molecule has 0 bridgehead atoms. The predicted molar refractivity (Wildman–Crippen MR) is 211 cm³/mol. The third kappa shape index (κ3) is 8.14. The molecule has 0 unspecified atom stereocenters. The highest BCUT2D eigenvalue weighted by Crippen LogP contribution is 2.40. The van der Waals surface area contributed by atoms with Gasteiger partial charge in [0.05, 0.1) is 28.9 Å². The van der Waals surface area contributed by atoms with Crippen LogP contribution in [-0.4, -0.2) is 122 Å². The molecule has 1 aromatic heterocycles. The van der Waals surface area contributed by atoms with Crippen molar-refractivity contribution in [1.29, 1.82) is 0 Å². The van der Waals surface area contributed by atoms with Gasteiger partial charge in [0.1, 0.15) is 41.3 Å². The van der Waals surface area contributed by atoms with Gasteiger partial charge in [-0.2, -0.15) is 0 Å². The van der Waals surface area contributed by atoms with Gasteiger partial charge in [0.25, 0.3) is 0 Å². The molecule has 4 heterocycles. The molecule has 7 rings (SSSR count). The number of aliphatic hydroxyl groups is 5. The van der Waals surface area contributed by atoms with E-state index in [1.54, 1.807) is 24.4 Å².